The third-order valence-electron chi connectivity index (χ3n) is 7.78. The van der Waals surface area contributed by atoms with Crippen molar-refractivity contribution in [3.8, 4) is 5.69 Å². The van der Waals surface area contributed by atoms with Crippen LogP contribution >= 0.6 is 0 Å². The minimum atomic E-state index is -0.542. The van der Waals surface area contributed by atoms with E-state index in [0.29, 0.717) is 30.6 Å². The first kappa shape index (κ1) is 30.8. The maximum absolute atomic E-state index is 14.4. The predicted octanol–water partition coefficient (Wildman–Crippen LogP) is 5.23. The van der Waals surface area contributed by atoms with Crippen molar-refractivity contribution in [2.45, 2.75) is 77.4 Å². The standard InChI is InChI=1S/C32H44F2N6O/c1-4-6-15-39(3)16-14-35-20-24-10-7-8-11-30(24)40-21-31(36-22-40)38-32(41)29(9-5-2)37-26-13-12-23-17-25(33)18-28(34)27(23)19-26/h7-8,10-11,17-18,21-22,26,29,35,37H,4-6,9,12-16,19-20H2,1-3H3,(H,38,41)/t26-,29-/m0/s1. The van der Waals surface area contributed by atoms with Gasteiger partial charge in [0.1, 0.15) is 18.0 Å². The number of halogens is 2. The molecule has 7 nitrogen and oxygen atoms in total. The predicted molar refractivity (Wildman–Crippen MR) is 160 cm³/mol. The number of imidazole rings is 1. The number of benzene rings is 2. The van der Waals surface area contributed by atoms with Gasteiger partial charge in [0.25, 0.3) is 0 Å². The Morgan fingerprint density at radius 3 is 2.80 bits per heavy atom. The van der Waals surface area contributed by atoms with E-state index in [1.54, 1.807) is 6.33 Å². The molecule has 1 amide bonds. The molecule has 4 rings (SSSR count). The van der Waals surface area contributed by atoms with Crippen molar-refractivity contribution in [1.82, 2.24) is 25.1 Å². The highest BCUT2D eigenvalue weighted by molar-refractivity contribution is 5.94. The zero-order chi connectivity index (χ0) is 29.2. The smallest absolute Gasteiger partial charge is 0.242 e. The zero-order valence-electron chi connectivity index (χ0n) is 24.6. The van der Waals surface area contributed by atoms with E-state index in [0.717, 1.165) is 61.9 Å². The Labute approximate surface area is 242 Å². The van der Waals surface area contributed by atoms with Gasteiger partial charge >= 0.3 is 0 Å². The fraction of sp³-hybridized carbons (Fsp3) is 0.500. The molecule has 1 heterocycles. The first-order valence-electron chi connectivity index (χ1n) is 14.9. The number of carbonyl (C=O) groups is 1. The molecule has 0 radical (unpaired) electrons. The molecule has 9 heteroatoms. The molecule has 2 aromatic carbocycles. The number of unbranched alkanes of at least 4 members (excludes halogenated alkanes) is 1. The molecular weight excluding hydrogens is 522 g/mol. The van der Waals surface area contributed by atoms with Crippen molar-refractivity contribution in [2.24, 2.45) is 0 Å². The van der Waals surface area contributed by atoms with Gasteiger partial charge in [-0.1, -0.05) is 44.9 Å². The minimum Gasteiger partial charge on any atom is -0.311 e. The number of hydrogen-bond acceptors (Lipinski definition) is 5. The van der Waals surface area contributed by atoms with Crippen molar-refractivity contribution in [3.05, 3.63) is 77.2 Å². The van der Waals surface area contributed by atoms with Gasteiger partial charge in [0.05, 0.1) is 17.9 Å². The Balaban J connectivity index is 1.34. The van der Waals surface area contributed by atoms with Crippen LogP contribution in [0.2, 0.25) is 0 Å². The number of para-hydroxylation sites is 1. The molecule has 41 heavy (non-hydrogen) atoms. The first-order chi connectivity index (χ1) is 19.9. The molecule has 0 spiro atoms. The van der Waals surface area contributed by atoms with Crippen molar-refractivity contribution in [1.29, 1.82) is 0 Å². The second kappa shape index (κ2) is 15.2. The van der Waals surface area contributed by atoms with E-state index < -0.39 is 17.7 Å². The zero-order valence-corrected chi connectivity index (χ0v) is 24.6. The maximum atomic E-state index is 14.4. The number of likely N-dealkylation sites (N-methyl/N-ethyl adjacent to an activating group) is 1. The third kappa shape index (κ3) is 8.67. The summed E-state index contributed by atoms with van der Waals surface area (Å²) in [5.41, 5.74) is 3.42. The molecule has 0 aliphatic heterocycles. The van der Waals surface area contributed by atoms with Crippen LogP contribution in [-0.2, 0) is 24.2 Å². The monoisotopic (exact) mass is 566 g/mol. The van der Waals surface area contributed by atoms with Gasteiger partial charge in [0.2, 0.25) is 5.91 Å². The van der Waals surface area contributed by atoms with Crippen LogP contribution in [0, 0.1) is 11.6 Å². The lowest BCUT2D eigenvalue weighted by molar-refractivity contribution is -0.118. The number of nitrogens with zero attached hydrogens (tertiary/aromatic N) is 3. The molecule has 0 fully saturated rings. The summed E-state index contributed by atoms with van der Waals surface area (Å²) in [6.07, 6.45) is 9.16. The summed E-state index contributed by atoms with van der Waals surface area (Å²) in [6.45, 7) is 7.99. The van der Waals surface area contributed by atoms with Crippen LogP contribution in [0.15, 0.2) is 48.9 Å². The number of aromatic nitrogens is 2. The van der Waals surface area contributed by atoms with E-state index >= 15 is 0 Å². The van der Waals surface area contributed by atoms with Gasteiger partial charge < -0.3 is 25.4 Å². The Kier molecular flexibility index (Phi) is 11.4. The lowest BCUT2D eigenvalue weighted by Gasteiger charge is -2.29. The average Bonchev–Trinajstić information content (AvgIpc) is 3.42. The van der Waals surface area contributed by atoms with E-state index in [-0.39, 0.29) is 11.9 Å². The summed E-state index contributed by atoms with van der Waals surface area (Å²) in [5.74, 6) is -0.735. The number of anilines is 1. The Bertz CT molecular complexity index is 1280. The van der Waals surface area contributed by atoms with Crippen molar-refractivity contribution >= 4 is 11.7 Å². The van der Waals surface area contributed by atoms with Crippen LogP contribution in [0.3, 0.4) is 0 Å². The Hall–Kier alpha value is -3.14. The van der Waals surface area contributed by atoms with E-state index in [9.17, 15) is 13.6 Å². The number of rotatable bonds is 15. The van der Waals surface area contributed by atoms with Gasteiger partial charge in [0, 0.05) is 31.7 Å². The normalized spacial score (nSPS) is 15.6. The molecule has 0 unspecified atom stereocenters. The molecule has 3 N–H and O–H groups in total. The summed E-state index contributed by atoms with van der Waals surface area (Å²) in [7, 11) is 2.16. The molecular formula is C32H44F2N6O. The third-order valence-corrected chi connectivity index (χ3v) is 7.78. The van der Waals surface area contributed by atoms with Crippen LogP contribution in [0.4, 0.5) is 14.6 Å². The molecule has 1 aliphatic rings. The van der Waals surface area contributed by atoms with Crippen molar-refractivity contribution < 1.29 is 13.6 Å². The van der Waals surface area contributed by atoms with Crippen LogP contribution in [0.1, 0.15) is 62.6 Å². The van der Waals surface area contributed by atoms with Gasteiger partial charge in [-0.05, 0) is 74.5 Å². The lowest BCUT2D eigenvalue weighted by atomic mass is 9.87. The summed E-state index contributed by atoms with van der Waals surface area (Å²) >= 11 is 0. The highest BCUT2D eigenvalue weighted by Gasteiger charge is 2.27. The summed E-state index contributed by atoms with van der Waals surface area (Å²) in [5, 5.41) is 9.95. The quantitative estimate of drug-likeness (QED) is 0.220. The van der Waals surface area contributed by atoms with Crippen LogP contribution in [0.25, 0.3) is 5.69 Å². The number of nitrogens with one attached hydrogen (secondary N) is 3. The van der Waals surface area contributed by atoms with Gasteiger partial charge in [-0.25, -0.2) is 13.8 Å². The first-order valence-corrected chi connectivity index (χ1v) is 14.9. The summed E-state index contributed by atoms with van der Waals surface area (Å²) < 4.78 is 30.0. The van der Waals surface area contributed by atoms with Gasteiger partial charge in [0.15, 0.2) is 5.82 Å². The second-order valence-electron chi connectivity index (χ2n) is 11.1. The molecule has 0 bridgehead atoms. The van der Waals surface area contributed by atoms with Crippen LogP contribution < -0.4 is 16.0 Å². The minimum absolute atomic E-state index is 0.0619. The molecule has 0 saturated carbocycles. The molecule has 3 aromatic rings. The molecule has 0 saturated heterocycles. The van der Waals surface area contributed by atoms with E-state index in [2.05, 4.69) is 45.9 Å². The van der Waals surface area contributed by atoms with Crippen molar-refractivity contribution in [3.63, 3.8) is 0 Å². The van der Waals surface area contributed by atoms with Crippen LogP contribution in [-0.4, -0.2) is 59.1 Å². The van der Waals surface area contributed by atoms with E-state index in [4.69, 9.17) is 0 Å². The number of fused-ring (bicyclic) bond motifs is 1. The van der Waals surface area contributed by atoms with E-state index in [1.165, 1.54) is 18.9 Å². The average molecular weight is 567 g/mol. The highest BCUT2D eigenvalue weighted by Crippen LogP contribution is 2.26. The molecule has 222 valence electrons. The fourth-order valence-corrected chi connectivity index (χ4v) is 5.47. The van der Waals surface area contributed by atoms with Crippen LogP contribution in [0.5, 0.6) is 0 Å². The molecule has 1 aliphatic carbocycles. The van der Waals surface area contributed by atoms with Crippen molar-refractivity contribution in [2.75, 3.05) is 32.0 Å². The number of aryl methyl sites for hydroxylation is 1. The van der Waals surface area contributed by atoms with Gasteiger partial charge in [-0.15, -0.1) is 0 Å². The second-order valence-corrected chi connectivity index (χ2v) is 11.1. The summed E-state index contributed by atoms with van der Waals surface area (Å²) in [4.78, 5) is 20.1. The largest absolute Gasteiger partial charge is 0.311 e. The Morgan fingerprint density at radius 2 is 2.00 bits per heavy atom. The Morgan fingerprint density at radius 1 is 1.17 bits per heavy atom. The SMILES string of the molecule is CCCCN(C)CCNCc1ccccc1-n1cnc(NC(=O)[C@H](CCC)N[C@H]2CCc3cc(F)cc(F)c3C2)c1. The van der Waals surface area contributed by atoms with Gasteiger partial charge in [-0.2, -0.15) is 0 Å². The summed E-state index contributed by atoms with van der Waals surface area (Å²) in [6, 6.07) is 10.0. The molecule has 1 aromatic heterocycles. The van der Waals surface area contributed by atoms with Gasteiger partial charge in [-0.3, -0.25) is 4.79 Å². The van der Waals surface area contributed by atoms with E-state index in [1.807, 2.05) is 35.9 Å². The lowest BCUT2D eigenvalue weighted by Crippen LogP contribution is -2.48. The fourth-order valence-electron chi connectivity index (χ4n) is 5.47. The maximum Gasteiger partial charge on any atom is 0.242 e. The topological polar surface area (TPSA) is 74.2 Å². The number of carbonyl (C=O) groups excluding carboxylic acids is 1. The highest BCUT2D eigenvalue weighted by atomic mass is 19.1. The number of amides is 1. The number of hydrogen-bond donors (Lipinski definition) is 3. The molecule has 2 atom stereocenters.